The maximum Gasteiger partial charge on any atom is 0.234 e. The van der Waals surface area contributed by atoms with Crippen molar-refractivity contribution in [3.05, 3.63) is 18.2 Å². The molecule has 1 amide bonds. The Balaban J connectivity index is 2.37. The number of nitrogens with one attached hydrogen (secondary N) is 1. The van der Waals surface area contributed by atoms with Gasteiger partial charge in [-0.2, -0.15) is 0 Å². The van der Waals surface area contributed by atoms with Gasteiger partial charge in [-0.15, -0.1) is 0 Å². The number of aryl methyl sites for hydroxylation is 1. The van der Waals surface area contributed by atoms with E-state index in [4.69, 9.17) is 5.73 Å². The van der Waals surface area contributed by atoms with Crippen molar-refractivity contribution < 1.29 is 4.79 Å². The largest absolute Gasteiger partial charge is 0.368 e. The molecule has 0 aromatic carbocycles. The van der Waals surface area contributed by atoms with Gasteiger partial charge in [0.2, 0.25) is 5.91 Å². The SMILES string of the molecule is CNC(CCN(C)Cc1nccn1C)C(N)=O. The van der Waals surface area contributed by atoms with Crippen LogP contribution in [0.25, 0.3) is 0 Å². The first kappa shape index (κ1) is 13.7. The van der Waals surface area contributed by atoms with Gasteiger partial charge in [-0.05, 0) is 20.5 Å². The zero-order valence-electron chi connectivity index (χ0n) is 10.7. The van der Waals surface area contributed by atoms with Gasteiger partial charge < -0.3 is 15.6 Å². The fourth-order valence-corrected chi connectivity index (χ4v) is 1.65. The Morgan fingerprint density at radius 1 is 1.71 bits per heavy atom. The quantitative estimate of drug-likeness (QED) is 0.661. The molecule has 0 radical (unpaired) electrons. The molecule has 6 heteroatoms. The van der Waals surface area contributed by atoms with E-state index in [-0.39, 0.29) is 11.9 Å². The molecule has 1 aromatic heterocycles. The molecule has 0 aliphatic carbocycles. The molecular formula is C11H21N5O. The summed E-state index contributed by atoms with van der Waals surface area (Å²) in [6.45, 7) is 1.56. The smallest absolute Gasteiger partial charge is 0.234 e. The molecule has 96 valence electrons. The van der Waals surface area contributed by atoms with Crippen molar-refractivity contribution in [1.29, 1.82) is 0 Å². The Hall–Kier alpha value is -1.40. The van der Waals surface area contributed by atoms with E-state index in [2.05, 4.69) is 15.2 Å². The van der Waals surface area contributed by atoms with E-state index in [1.165, 1.54) is 0 Å². The molecule has 0 aliphatic rings. The van der Waals surface area contributed by atoms with Crippen LogP contribution in [0.3, 0.4) is 0 Å². The minimum atomic E-state index is -0.308. The molecule has 0 saturated carbocycles. The summed E-state index contributed by atoms with van der Waals surface area (Å²) in [7, 11) is 5.71. The third-order valence-corrected chi connectivity index (χ3v) is 2.82. The van der Waals surface area contributed by atoms with Gasteiger partial charge >= 0.3 is 0 Å². The van der Waals surface area contributed by atoms with Crippen molar-refractivity contribution >= 4 is 5.91 Å². The Labute approximate surface area is 102 Å². The monoisotopic (exact) mass is 239 g/mol. The third kappa shape index (κ3) is 4.16. The van der Waals surface area contributed by atoms with Gasteiger partial charge in [-0.25, -0.2) is 4.98 Å². The molecule has 6 nitrogen and oxygen atoms in total. The van der Waals surface area contributed by atoms with Gasteiger partial charge in [0.05, 0.1) is 12.6 Å². The summed E-state index contributed by atoms with van der Waals surface area (Å²) in [5, 5.41) is 2.91. The van der Waals surface area contributed by atoms with Crippen LogP contribution in [0.5, 0.6) is 0 Å². The number of nitrogens with two attached hydrogens (primary N) is 1. The van der Waals surface area contributed by atoms with Gasteiger partial charge in [0.1, 0.15) is 5.82 Å². The van der Waals surface area contributed by atoms with Crippen molar-refractivity contribution in [2.24, 2.45) is 12.8 Å². The van der Waals surface area contributed by atoms with Gasteiger partial charge in [0.25, 0.3) is 0 Å². The first-order valence-electron chi connectivity index (χ1n) is 5.66. The molecule has 0 fully saturated rings. The second-order valence-electron chi connectivity index (χ2n) is 4.22. The Kier molecular flexibility index (Phi) is 5.11. The number of amides is 1. The number of carbonyl (C=O) groups excluding carboxylic acids is 1. The van der Waals surface area contributed by atoms with E-state index in [0.29, 0.717) is 6.42 Å². The van der Waals surface area contributed by atoms with Crippen LogP contribution in [0.1, 0.15) is 12.2 Å². The molecule has 1 aromatic rings. The standard InChI is InChI=1S/C11H21N5O/c1-13-9(11(12)17)4-6-15(2)8-10-14-5-7-16(10)3/h5,7,9,13H,4,6,8H2,1-3H3,(H2,12,17). The number of nitrogens with zero attached hydrogens (tertiary/aromatic N) is 3. The van der Waals surface area contributed by atoms with Crippen molar-refractivity contribution in [3.8, 4) is 0 Å². The van der Waals surface area contributed by atoms with Crippen LogP contribution >= 0.6 is 0 Å². The van der Waals surface area contributed by atoms with Crippen molar-refractivity contribution in [2.75, 3.05) is 20.6 Å². The summed E-state index contributed by atoms with van der Waals surface area (Å²) < 4.78 is 1.99. The van der Waals surface area contributed by atoms with Crippen LogP contribution in [0.15, 0.2) is 12.4 Å². The lowest BCUT2D eigenvalue weighted by molar-refractivity contribution is -0.120. The zero-order chi connectivity index (χ0) is 12.8. The van der Waals surface area contributed by atoms with Crippen LogP contribution in [-0.2, 0) is 18.4 Å². The number of likely N-dealkylation sites (N-methyl/N-ethyl adjacent to an activating group) is 1. The zero-order valence-corrected chi connectivity index (χ0v) is 10.7. The Bertz CT molecular complexity index is 362. The molecule has 0 aliphatic heterocycles. The molecule has 0 bridgehead atoms. The maximum atomic E-state index is 11.0. The van der Waals surface area contributed by atoms with Crippen LogP contribution in [0, 0.1) is 0 Å². The number of hydrogen-bond acceptors (Lipinski definition) is 4. The number of primary amides is 1. The minimum absolute atomic E-state index is 0.265. The van der Waals surface area contributed by atoms with E-state index < -0.39 is 0 Å². The minimum Gasteiger partial charge on any atom is -0.368 e. The van der Waals surface area contributed by atoms with Crippen LogP contribution in [0.4, 0.5) is 0 Å². The number of carbonyl (C=O) groups is 1. The number of hydrogen-bond donors (Lipinski definition) is 2. The summed E-state index contributed by atoms with van der Waals surface area (Å²) in [4.78, 5) is 17.4. The van der Waals surface area contributed by atoms with E-state index in [1.807, 2.05) is 24.9 Å². The predicted molar refractivity (Wildman–Crippen MR) is 66.2 cm³/mol. The summed E-state index contributed by atoms with van der Waals surface area (Å²) in [6.07, 6.45) is 4.40. The fraction of sp³-hybridized carbons (Fsp3) is 0.636. The molecule has 1 atom stereocenters. The molecule has 17 heavy (non-hydrogen) atoms. The predicted octanol–water partition coefficient (Wildman–Crippen LogP) is -0.685. The average Bonchev–Trinajstić information content (AvgIpc) is 2.65. The second-order valence-corrected chi connectivity index (χ2v) is 4.22. The summed E-state index contributed by atoms with van der Waals surface area (Å²) >= 11 is 0. The van der Waals surface area contributed by atoms with Gasteiger partial charge in [-0.3, -0.25) is 9.69 Å². The fourth-order valence-electron chi connectivity index (χ4n) is 1.65. The molecule has 0 saturated heterocycles. The molecule has 1 unspecified atom stereocenters. The third-order valence-electron chi connectivity index (χ3n) is 2.82. The first-order valence-corrected chi connectivity index (χ1v) is 5.66. The lowest BCUT2D eigenvalue weighted by atomic mass is 10.2. The molecular weight excluding hydrogens is 218 g/mol. The second kappa shape index (κ2) is 6.36. The average molecular weight is 239 g/mol. The number of aromatic nitrogens is 2. The maximum absolute atomic E-state index is 11.0. The number of imidazole rings is 1. The molecule has 3 N–H and O–H groups in total. The van der Waals surface area contributed by atoms with E-state index in [0.717, 1.165) is 18.9 Å². The first-order chi connectivity index (χ1) is 8.04. The van der Waals surface area contributed by atoms with Crippen molar-refractivity contribution in [2.45, 2.75) is 19.0 Å². The van der Waals surface area contributed by atoms with Crippen LogP contribution in [0.2, 0.25) is 0 Å². The van der Waals surface area contributed by atoms with E-state index in [1.54, 1.807) is 13.2 Å². The molecule has 1 heterocycles. The lowest BCUT2D eigenvalue weighted by Gasteiger charge is -2.19. The highest BCUT2D eigenvalue weighted by Crippen LogP contribution is 2.01. The van der Waals surface area contributed by atoms with Gasteiger partial charge in [0, 0.05) is 26.0 Å². The molecule has 1 rings (SSSR count). The van der Waals surface area contributed by atoms with Gasteiger partial charge in [-0.1, -0.05) is 0 Å². The van der Waals surface area contributed by atoms with Crippen LogP contribution < -0.4 is 11.1 Å². The Morgan fingerprint density at radius 2 is 2.41 bits per heavy atom. The normalized spacial score (nSPS) is 12.9. The van der Waals surface area contributed by atoms with E-state index >= 15 is 0 Å². The highest BCUT2D eigenvalue weighted by molar-refractivity contribution is 5.79. The summed E-state index contributed by atoms with van der Waals surface area (Å²) in [5.41, 5.74) is 5.26. The summed E-state index contributed by atoms with van der Waals surface area (Å²) in [6, 6.07) is -0.265. The highest BCUT2D eigenvalue weighted by atomic mass is 16.1. The van der Waals surface area contributed by atoms with Gasteiger partial charge in [0.15, 0.2) is 0 Å². The number of rotatable bonds is 7. The van der Waals surface area contributed by atoms with E-state index in [9.17, 15) is 4.79 Å². The lowest BCUT2D eigenvalue weighted by Crippen LogP contribution is -2.41. The van der Waals surface area contributed by atoms with Crippen LogP contribution in [-0.4, -0.2) is 47.0 Å². The Morgan fingerprint density at radius 3 is 2.88 bits per heavy atom. The topological polar surface area (TPSA) is 76.2 Å². The van der Waals surface area contributed by atoms with Crippen molar-refractivity contribution in [3.63, 3.8) is 0 Å². The molecule has 0 spiro atoms. The van der Waals surface area contributed by atoms with Crippen molar-refractivity contribution in [1.82, 2.24) is 19.8 Å². The summed E-state index contributed by atoms with van der Waals surface area (Å²) in [5.74, 6) is 0.700. The highest BCUT2D eigenvalue weighted by Gasteiger charge is 2.13.